The van der Waals surface area contributed by atoms with Crippen LogP contribution in [0.3, 0.4) is 0 Å². The van der Waals surface area contributed by atoms with E-state index in [0.29, 0.717) is 11.3 Å². The zero-order valence-electron chi connectivity index (χ0n) is 13.4. The fourth-order valence-corrected chi connectivity index (χ4v) is 2.95. The maximum absolute atomic E-state index is 12.0. The minimum atomic E-state index is -0.809. The summed E-state index contributed by atoms with van der Waals surface area (Å²) in [6, 6.07) is 1.88. The molecule has 1 aromatic rings. The van der Waals surface area contributed by atoms with Crippen LogP contribution in [0.2, 0.25) is 0 Å². The lowest BCUT2D eigenvalue weighted by atomic mass is 9.91. The van der Waals surface area contributed by atoms with Gasteiger partial charge in [0.15, 0.2) is 16.6 Å². The van der Waals surface area contributed by atoms with E-state index in [9.17, 15) is 20.0 Å². The lowest BCUT2D eigenvalue weighted by Gasteiger charge is -2.29. The van der Waals surface area contributed by atoms with Crippen LogP contribution in [0.15, 0.2) is 23.4 Å². The number of aromatic hydroxyl groups is 1. The molecule has 1 aliphatic heterocycles. The number of phenolic OH excluding ortho intramolecular Hbond substituents is 1. The number of hydrogen-bond acceptors (Lipinski definition) is 6. The number of ether oxygens (including phenoxy) is 1. The molecule has 3 N–H and O–H groups in total. The Balaban J connectivity index is 2.72. The highest BCUT2D eigenvalue weighted by molar-refractivity contribution is 7.80. The Hall–Kier alpha value is -2.68. The van der Waals surface area contributed by atoms with Gasteiger partial charge in [-0.2, -0.15) is 0 Å². The van der Waals surface area contributed by atoms with Crippen molar-refractivity contribution in [2.45, 2.75) is 26.8 Å². The standard InChI is InChI=1S/C15H17N3O5S/c1-4-23-14-10(20)6-5-9(13(14)18(21)22)12-11(8(3)19)7(2)16-15(24)17-12/h5-6,12,20H,4H2,1-3H3,(H2,16,17,24). The van der Waals surface area contributed by atoms with E-state index in [4.69, 9.17) is 17.0 Å². The van der Waals surface area contributed by atoms with Crippen molar-refractivity contribution in [2.75, 3.05) is 6.61 Å². The van der Waals surface area contributed by atoms with Gasteiger partial charge in [-0.15, -0.1) is 0 Å². The van der Waals surface area contributed by atoms with Gasteiger partial charge in [0.25, 0.3) is 0 Å². The molecule has 0 amide bonds. The van der Waals surface area contributed by atoms with Crippen molar-refractivity contribution in [2.24, 2.45) is 0 Å². The summed E-state index contributed by atoms with van der Waals surface area (Å²) in [4.78, 5) is 23.0. The number of phenols is 1. The molecule has 128 valence electrons. The lowest BCUT2D eigenvalue weighted by Crippen LogP contribution is -2.44. The number of Topliss-reactive ketones (excluding diaryl/α,β-unsaturated/α-hetero) is 1. The molecule has 1 aromatic carbocycles. The summed E-state index contributed by atoms with van der Waals surface area (Å²) in [6.45, 7) is 4.84. The number of rotatable bonds is 5. The van der Waals surface area contributed by atoms with Gasteiger partial charge in [0, 0.05) is 11.3 Å². The highest BCUT2D eigenvalue weighted by Gasteiger charge is 2.35. The van der Waals surface area contributed by atoms with E-state index in [2.05, 4.69) is 10.6 Å². The molecule has 0 saturated carbocycles. The van der Waals surface area contributed by atoms with Crippen LogP contribution in [0.5, 0.6) is 11.5 Å². The molecule has 8 nitrogen and oxygen atoms in total. The second-order valence-electron chi connectivity index (χ2n) is 5.17. The molecule has 0 spiro atoms. The van der Waals surface area contributed by atoms with Crippen LogP contribution in [-0.2, 0) is 4.79 Å². The average Bonchev–Trinajstić information content (AvgIpc) is 2.47. The number of benzene rings is 1. The van der Waals surface area contributed by atoms with Gasteiger partial charge in [-0.05, 0) is 45.1 Å². The summed E-state index contributed by atoms with van der Waals surface area (Å²) >= 11 is 5.10. The third kappa shape index (κ3) is 3.16. The van der Waals surface area contributed by atoms with Crippen LogP contribution in [0.4, 0.5) is 5.69 Å². The Bertz CT molecular complexity index is 760. The van der Waals surface area contributed by atoms with Crippen molar-refractivity contribution in [3.8, 4) is 11.5 Å². The van der Waals surface area contributed by atoms with Crippen LogP contribution in [0, 0.1) is 10.1 Å². The quantitative estimate of drug-likeness (QED) is 0.420. The van der Waals surface area contributed by atoms with Gasteiger partial charge in [-0.1, -0.05) is 0 Å². The van der Waals surface area contributed by atoms with Crippen LogP contribution in [-0.4, -0.2) is 27.5 Å². The largest absolute Gasteiger partial charge is 0.504 e. The Labute approximate surface area is 143 Å². The molecule has 0 radical (unpaired) electrons. The first-order valence-corrected chi connectivity index (χ1v) is 7.61. The van der Waals surface area contributed by atoms with Crippen LogP contribution >= 0.6 is 12.2 Å². The molecule has 2 rings (SSSR count). The first kappa shape index (κ1) is 17.7. The Morgan fingerprint density at radius 3 is 2.71 bits per heavy atom. The first-order valence-electron chi connectivity index (χ1n) is 7.20. The number of nitro groups is 1. The topological polar surface area (TPSA) is 114 Å². The van der Waals surface area contributed by atoms with Gasteiger partial charge < -0.3 is 20.5 Å². The van der Waals surface area contributed by atoms with Crippen molar-refractivity contribution < 1.29 is 19.6 Å². The maximum atomic E-state index is 12.0. The molecule has 0 aromatic heterocycles. The minimum Gasteiger partial charge on any atom is -0.504 e. The van der Waals surface area contributed by atoms with E-state index >= 15 is 0 Å². The molecule has 1 atom stereocenters. The maximum Gasteiger partial charge on any atom is 0.320 e. The number of allylic oxidation sites excluding steroid dienone is 1. The molecule has 1 heterocycles. The van der Waals surface area contributed by atoms with E-state index in [1.54, 1.807) is 13.8 Å². The van der Waals surface area contributed by atoms with Gasteiger partial charge in [0.1, 0.15) is 0 Å². The number of ketones is 1. The van der Waals surface area contributed by atoms with Crippen LogP contribution in [0.25, 0.3) is 0 Å². The molecule has 0 saturated heterocycles. The molecule has 0 bridgehead atoms. The zero-order chi connectivity index (χ0) is 18.0. The van der Waals surface area contributed by atoms with Gasteiger partial charge in [0.2, 0.25) is 5.75 Å². The first-order chi connectivity index (χ1) is 11.3. The predicted molar refractivity (Wildman–Crippen MR) is 90.9 cm³/mol. The number of nitrogens with one attached hydrogen (secondary N) is 2. The van der Waals surface area contributed by atoms with Crippen molar-refractivity contribution in [3.63, 3.8) is 0 Å². The van der Waals surface area contributed by atoms with Crippen molar-refractivity contribution >= 4 is 28.8 Å². The van der Waals surface area contributed by atoms with Crippen molar-refractivity contribution in [1.29, 1.82) is 0 Å². The minimum absolute atomic E-state index is 0.143. The van der Waals surface area contributed by atoms with Gasteiger partial charge in [0.05, 0.1) is 23.1 Å². The van der Waals surface area contributed by atoms with E-state index < -0.39 is 16.7 Å². The van der Waals surface area contributed by atoms with E-state index in [0.717, 1.165) is 0 Å². The highest BCUT2D eigenvalue weighted by Crippen LogP contribution is 2.43. The Morgan fingerprint density at radius 1 is 1.50 bits per heavy atom. The van der Waals surface area contributed by atoms with Crippen molar-refractivity contribution in [1.82, 2.24) is 10.6 Å². The van der Waals surface area contributed by atoms with Gasteiger partial charge >= 0.3 is 5.69 Å². The second kappa shape index (κ2) is 6.83. The summed E-state index contributed by atoms with van der Waals surface area (Å²) in [5, 5.41) is 27.5. The summed E-state index contributed by atoms with van der Waals surface area (Å²) in [5.41, 5.74) is 0.650. The van der Waals surface area contributed by atoms with E-state index in [1.807, 2.05) is 0 Å². The fourth-order valence-electron chi connectivity index (χ4n) is 2.68. The smallest absolute Gasteiger partial charge is 0.320 e. The molecule has 24 heavy (non-hydrogen) atoms. The molecular formula is C15H17N3O5S. The summed E-state index contributed by atoms with van der Waals surface area (Å²) in [7, 11) is 0. The lowest BCUT2D eigenvalue weighted by molar-refractivity contribution is -0.386. The molecular weight excluding hydrogens is 334 g/mol. The number of carbonyl (C=O) groups excluding carboxylic acids is 1. The summed E-state index contributed by atoms with van der Waals surface area (Å²) in [5.74, 6) is -0.818. The highest BCUT2D eigenvalue weighted by atomic mass is 32.1. The number of thiocarbonyl (C=S) groups is 1. The summed E-state index contributed by atoms with van der Waals surface area (Å²) < 4.78 is 5.24. The normalized spacial score (nSPS) is 17.1. The molecule has 0 fully saturated rings. The predicted octanol–water partition coefficient (Wildman–Crippen LogP) is 2.08. The van der Waals surface area contributed by atoms with E-state index in [-0.39, 0.29) is 34.6 Å². The number of nitrogens with zero attached hydrogens (tertiary/aromatic N) is 1. The molecule has 1 aliphatic rings. The number of nitro benzene ring substituents is 1. The molecule has 1 unspecified atom stereocenters. The SMILES string of the molecule is CCOc1c(O)ccc(C2NC(=S)NC(C)=C2C(C)=O)c1[N+](=O)[O-]. The van der Waals surface area contributed by atoms with Gasteiger partial charge in [-0.25, -0.2) is 0 Å². The summed E-state index contributed by atoms with van der Waals surface area (Å²) in [6.07, 6.45) is 0. The van der Waals surface area contributed by atoms with Gasteiger partial charge in [-0.3, -0.25) is 14.9 Å². The van der Waals surface area contributed by atoms with Crippen molar-refractivity contribution in [3.05, 3.63) is 39.1 Å². The number of carbonyl (C=O) groups is 1. The molecule has 9 heteroatoms. The Kier molecular flexibility index (Phi) is 5.03. The third-order valence-electron chi connectivity index (χ3n) is 3.57. The third-order valence-corrected chi connectivity index (χ3v) is 3.79. The monoisotopic (exact) mass is 351 g/mol. The fraction of sp³-hybridized carbons (Fsp3) is 0.333. The van der Waals surface area contributed by atoms with Crippen LogP contribution < -0.4 is 15.4 Å². The second-order valence-corrected chi connectivity index (χ2v) is 5.58. The van der Waals surface area contributed by atoms with Crippen LogP contribution in [0.1, 0.15) is 32.4 Å². The Morgan fingerprint density at radius 2 is 2.17 bits per heavy atom. The van der Waals surface area contributed by atoms with E-state index in [1.165, 1.54) is 19.1 Å². The zero-order valence-corrected chi connectivity index (χ0v) is 14.2. The molecule has 0 aliphatic carbocycles. The average molecular weight is 351 g/mol. The number of hydrogen-bond donors (Lipinski definition) is 3.